The molecular formula is C29H41N3O4S. The van der Waals surface area contributed by atoms with Crippen molar-refractivity contribution in [2.75, 3.05) is 13.2 Å². The Hall–Kier alpha value is -2.22. The van der Waals surface area contributed by atoms with E-state index in [2.05, 4.69) is 49.5 Å². The molecule has 4 atom stereocenters. The summed E-state index contributed by atoms with van der Waals surface area (Å²) in [6, 6.07) is 0.171. The fraction of sp³-hybridized carbons (Fsp3) is 0.690. The molecule has 1 aromatic rings. The Kier molecular flexibility index (Phi) is 7.49. The van der Waals surface area contributed by atoms with Crippen molar-refractivity contribution in [3.05, 3.63) is 28.9 Å². The Morgan fingerprint density at radius 1 is 1.27 bits per heavy atom. The van der Waals surface area contributed by atoms with Gasteiger partial charge in [-0.1, -0.05) is 49.8 Å². The minimum Gasteiger partial charge on any atom is -0.478 e. The first-order valence-corrected chi connectivity index (χ1v) is 14.6. The van der Waals surface area contributed by atoms with Crippen molar-refractivity contribution < 1.29 is 18.8 Å². The number of allylic oxidation sites excluding steroid dienone is 3. The van der Waals surface area contributed by atoms with Crippen molar-refractivity contribution in [3.8, 4) is 5.88 Å². The van der Waals surface area contributed by atoms with Gasteiger partial charge in [0.05, 0.1) is 11.0 Å². The lowest BCUT2D eigenvalue weighted by Crippen LogP contribution is -2.49. The molecule has 1 amide bonds. The summed E-state index contributed by atoms with van der Waals surface area (Å²) in [5.74, 6) is 2.88. The maximum atomic E-state index is 13.6. The Morgan fingerprint density at radius 2 is 2.11 bits per heavy atom. The highest BCUT2D eigenvalue weighted by Crippen LogP contribution is 2.44. The molecule has 2 bridgehead atoms. The monoisotopic (exact) mass is 527 g/mol. The third-order valence-electron chi connectivity index (χ3n) is 8.07. The Bertz CT molecular complexity index is 1100. The van der Waals surface area contributed by atoms with Crippen LogP contribution < -0.4 is 10.1 Å². The summed E-state index contributed by atoms with van der Waals surface area (Å²) in [6.45, 7) is 11.3. The van der Waals surface area contributed by atoms with Crippen LogP contribution in [0.15, 0.2) is 37.5 Å². The fourth-order valence-electron chi connectivity index (χ4n) is 6.10. The SMILES string of the molecule is CC1CC2CCCC(C2)C1NC(=O)c1onc(OCC(C)(C)C2=NC(C)(C)CO2)c1SC1=CCCC=C1. The molecule has 5 rings (SSSR count). The van der Waals surface area contributed by atoms with Gasteiger partial charge in [-0.15, -0.1) is 0 Å². The zero-order chi connectivity index (χ0) is 26.2. The van der Waals surface area contributed by atoms with Gasteiger partial charge in [0.25, 0.3) is 11.8 Å². The molecule has 4 aliphatic rings. The fourth-order valence-corrected chi connectivity index (χ4v) is 7.11. The molecule has 7 nitrogen and oxygen atoms in total. The van der Waals surface area contributed by atoms with Crippen LogP contribution >= 0.6 is 11.8 Å². The second-order valence-electron chi connectivity index (χ2n) is 12.5. The van der Waals surface area contributed by atoms with E-state index in [4.69, 9.17) is 19.0 Å². The molecule has 2 saturated carbocycles. The van der Waals surface area contributed by atoms with Crippen LogP contribution in [0, 0.1) is 23.2 Å². The summed E-state index contributed by atoms with van der Waals surface area (Å²) < 4.78 is 17.8. The number of rotatable bonds is 8. The Balaban J connectivity index is 1.35. The molecule has 0 radical (unpaired) electrons. The number of carbonyl (C=O) groups excluding carboxylic acids is 1. The summed E-state index contributed by atoms with van der Waals surface area (Å²) in [4.78, 5) is 20.0. The van der Waals surface area contributed by atoms with Crippen LogP contribution in [0.1, 0.15) is 90.1 Å². The predicted molar refractivity (Wildman–Crippen MR) is 146 cm³/mol. The van der Waals surface area contributed by atoms with Crippen molar-refractivity contribution in [1.29, 1.82) is 0 Å². The quantitative estimate of drug-likeness (QED) is 0.412. The second kappa shape index (κ2) is 10.5. The number of nitrogens with zero attached hydrogens (tertiary/aromatic N) is 2. The van der Waals surface area contributed by atoms with Gasteiger partial charge < -0.3 is 19.3 Å². The highest BCUT2D eigenvalue weighted by atomic mass is 32.2. The molecule has 2 fully saturated rings. The first-order valence-electron chi connectivity index (χ1n) is 13.8. The average Bonchev–Trinajstić information content (AvgIpc) is 3.44. The molecule has 1 N–H and O–H groups in total. The summed E-state index contributed by atoms with van der Waals surface area (Å²) in [5.41, 5.74) is -0.683. The Morgan fingerprint density at radius 3 is 2.84 bits per heavy atom. The van der Waals surface area contributed by atoms with Crippen LogP contribution in [0.3, 0.4) is 0 Å². The second-order valence-corrected chi connectivity index (χ2v) is 13.6. The summed E-state index contributed by atoms with van der Waals surface area (Å²) in [7, 11) is 0. The van der Waals surface area contributed by atoms with Crippen molar-refractivity contribution >= 4 is 23.6 Å². The number of aromatic nitrogens is 1. The average molecular weight is 528 g/mol. The number of hydrogen-bond acceptors (Lipinski definition) is 7. The van der Waals surface area contributed by atoms with Crippen molar-refractivity contribution in [1.82, 2.24) is 10.5 Å². The van der Waals surface area contributed by atoms with Gasteiger partial charge in [0.15, 0.2) is 5.90 Å². The van der Waals surface area contributed by atoms with E-state index in [1.807, 2.05) is 13.8 Å². The number of amides is 1. The van der Waals surface area contributed by atoms with Crippen LogP contribution in [-0.4, -0.2) is 41.8 Å². The van der Waals surface area contributed by atoms with E-state index >= 15 is 0 Å². The Labute approximate surface area is 224 Å². The standard InChI is InChI=1S/C29H41N3O4S/c1-18-14-19-10-9-11-20(15-19)22(18)30-25(33)23-24(37-21-12-7-6-8-13-21)26(32-36-23)34-16-28(2,3)27-31-29(4,5)17-35-27/h7,12-13,18-20,22H,6,8-11,14-17H2,1-5H3,(H,30,33). The van der Waals surface area contributed by atoms with E-state index < -0.39 is 5.41 Å². The van der Waals surface area contributed by atoms with E-state index in [0.717, 1.165) is 23.7 Å². The molecule has 4 unspecified atom stereocenters. The number of ether oxygens (including phenoxy) is 2. The maximum absolute atomic E-state index is 13.6. The van der Waals surface area contributed by atoms with Crippen LogP contribution in [0.2, 0.25) is 0 Å². The van der Waals surface area contributed by atoms with E-state index in [-0.39, 0.29) is 23.2 Å². The largest absolute Gasteiger partial charge is 0.478 e. The van der Waals surface area contributed by atoms with Gasteiger partial charge >= 0.3 is 0 Å². The number of nitrogens with one attached hydrogen (secondary N) is 1. The van der Waals surface area contributed by atoms with Crippen molar-refractivity contribution in [3.63, 3.8) is 0 Å². The molecule has 202 valence electrons. The molecule has 8 heteroatoms. The van der Waals surface area contributed by atoms with E-state index in [0.29, 0.717) is 41.7 Å². The van der Waals surface area contributed by atoms with Gasteiger partial charge in [0.1, 0.15) is 18.1 Å². The zero-order valence-corrected chi connectivity index (χ0v) is 23.7. The van der Waals surface area contributed by atoms with E-state index in [1.165, 1.54) is 43.9 Å². The van der Waals surface area contributed by atoms with Crippen LogP contribution in [0.25, 0.3) is 0 Å². The molecular weight excluding hydrogens is 486 g/mol. The topological polar surface area (TPSA) is 86.0 Å². The lowest BCUT2D eigenvalue weighted by molar-refractivity contribution is 0.0696. The van der Waals surface area contributed by atoms with Gasteiger partial charge in [-0.2, -0.15) is 0 Å². The number of aliphatic imine (C=N–C) groups is 1. The third-order valence-corrected chi connectivity index (χ3v) is 9.17. The number of carbonyl (C=O) groups is 1. The van der Waals surface area contributed by atoms with Crippen LogP contribution in [0.4, 0.5) is 0 Å². The van der Waals surface area contributed by atoms with Gasteiger partial charge in [-0.3, -0.25) is 4.79 Å². The minimum atomic E-state index is -0.448. The molecule has 1 aliphatic heterocycles. The van der Waals surface area contributed by atoms with Gasteiger partial charge in [-0.25, -0.2) is 4.99 Å². The zero-order valence-electron chi connectivity index (χ0n) is 22.8. The normalized spacial score (nSPS) is 28.8. The smallest absolute Gasteiger partial charge is 0.291 e. The number of fused-ring (bicyclic) bond motifs is 2. The van der Waals surface area contributed by atoms with Crippen LogP contribution in [-0.2, 0) is 4.74 Å². The molecule has 0 aromatic carbocycles. The number of thioether (sulfide) groups is 1. The first kappa shape index (κ1) is 26.4. The number of hydrogen-bond donors (Lipinski definition) is 1. The van der Waals surface area contributed by atoms with E-state index in [1.54, 1.807) is 0 Å². The molecule has 1 aromatic heterocycles. The highest BCUT2D eigenvalue weighted by molar-refractivity contribution is 8.03. The summed E-state index contributed by atoms with van der Waals surface area (Å²) in [6.07, 6.45) is 14.6. The lowest BCUT2D eigenvalue weighted by Gasteiger charge is -2.44. The summed E-state index contributed by atoms with van der Waals surface area (Å²) in [5, 5.41) is 7.56. The van der Waals surface area contributed by atoms with E-state index in [9.17, 15) is 4.79 Å². The third kappa shape index (κ3) is 5.94. The van der Waals surface area contributed by atoms with Gasteiger partial charge in [-0.05, 0) is 82.7 Å². The van der Waals surface area contributed by atoms with Crippen molar-refractivity contribution in [2.45, 2.75) is 96.0 Å². The van der Waals surface area contributed by atoms with Gasteiger partial charge in [0.2, 0.25) is 5.76 Å². The first-order chi connectivity index (χ1) is 17.6. The molecule has 3 aliphatic carbocycles. The van der Waals surface area contributed by atoms with Crippen LogP contribution in [0.5, 0.6) is 5.88 Å². The molecule has 2 heterocycles. The molecule has 37 heavy (non-hydrogen) atoms. The van der Waals surface area contributed by atoms with Gasteiger partial charge in [0, 0.05) is 10.9 Å². The summed E-state index contributed by atoms with van der Waals surface area (Å²) >= 11 is 1.49. The lowest BCUT2D eigenvalue weighted by atomic mass is 9.65. The molecule has 0 saturated heterocycles. The maximum Gasteiger partial charge on any atom is 0.291 e. The molecule has 0 spiro atoms. The minimum absolute atomic E-state index is 0.171. The predicted octanol–water partition coefficient (Wildman–Crippen LogP) is 6.56. The highest BCUT2D eigenvalue weighted by Gasteiger charge is 2.40. The van der Waals surface area contributed by atoms with Crippen molar-refractivity contribution in [2.24, 2.45) is 28.2 Å².